The average molecular weight is 210 g/mol. The smallest absolute Gasteiger partial charge is 0.157 e. The van der Waals surface area contributed by atoms with Crippen molar-refractivity contribution in [2.45, 2.75) is 52.5 Å². The van der Waals surface area contributed by atoms with Gasteiger partial charge in [0.25, 0.3) is 0 Å². The maximum Gasteiger partial charge on any atom is 0.157 e. The molecule has 1 rings (SSSR count). The fraction of sp³-hybridized carbons (Fsp3) is 0.750. The minimum Gasteiger partial charge on any atom is -0.490 e. The highest BCUT2D eigenvalue weighted by Crippen LogP contribution is 2.09. The number of nitrogens with zero attached hydrogens (tertiary/aromatic N) is 2. The zero-order valence-corrected chi connectivity index (χ0v) is 9.91. The third kappa shape index (κ3) is 4.86. The molecule has 0 bridgehead atoms. The lowest BCUT2D eigenvalue weighted by molar-refractivity contribution is 0.304. The Bertz CT molecular complexity index is 258. The first-order chi connectivity index (χ1) is 7.36. The summed E-state index contributed by atoms with van der Waals surface area (Å²) in [5.74, 6) is 0.903. The molecular formula is C12H22N2O. The van der Waals surface area contributed by atoms with Crippen LogP contribution in [0.15, 0.2) is 12.4 Å². The Morgan fingerprint density at radius 1 is 1.20 bits per heavy atom. The van der Waals surface area contributed by atoms with Crippen LogP contribution in [0.4, 0.5) is 0 Å². The molecule has 1 heterocycles. The van der Waals surface area contributed by atoms with Crippen molar-refractivity contribution in [1.29, 1.82) is 0 Å². The van der Waals surface area contributed by atoms with Crippen LogP contribution < -0.4 is 4.74 Å². The van der Waals surface area contributed by atoms with Crippen molar-refractivity contribution in [2.24, 2.45) is 0 Å². The first kappa shape index (κ1) is 12.1. The summed E-state index contributed by atoms with van der Waals surface area (Å²) in [5.41, 5.74) is 0. The lowest BCUT2D eigenvalue weighted by atomic mass is 10.2. The van der Waals surface area contributed by atoms with Gasteiger partial charge < -0.3 is 4.74 Å². The number of rotatable bonds is 8. The Hall–Kier alpha value is -0.990. The standard InChI is InChI=1S/C12H22N2O/c1-3-5-6-7-9-15-12-10-13-14(11-12)8-4-2/h10-11H,3-9H2,1-2H3. The molecule has 0 spiro atoms. The molecule has 0 fully saturated rings. The summed E-state index contributed by atoms with van der Waals surface area (Å²) >= 11 is 0. The van der Waals surface area contributed by atoms with Crippen molar-refractivity contribution in [3.05, 3.63) is 12.4 Å². The third-order valence-electron chi connectivity index (χ3n) is 2.33. The predicted octanol–water partition coefficient (Wildman–Crippen LogP) is 3.25. The van der Waals surface area contributed by atoms with E-state index in [0.717, 1.165) is 31.7 Å². The molecule has 3 heteroatoms. The van der Waals surface area contributed by atoms with Crippen molar-refractivity contribution in [1.82, 2.24) is 9.78 Å². The third-order valence-corrected chi connectivity index (χ3v) is 2.33. The van der Waals surface area contributed by atoms with Crippen LogP contribution in [0, 0.1) is 0 Å². The molecule has 0 radical (unpaired) electrons. The first-order valence-corrected chi connectivity index (χ1v) is 6.02. The molecule has 0 unspecified atom stereocenters. The van der Waals surface area contributed by atoms with E-state index in [0.29, 0.717) is 0 Å². The van der Waals surface area contributed by atoms with Crippen LogP contribution in [-0.2, 0) is 6.54 Å². The van der Waals surface area contributed by atoms with Crippen LogP contribution in [0.3, 0.4) is 0 Å². The highest BCUT2D eigenvalue weighted by molar-refractivity contribution is 5.11. The summed E-state index contributed by atoms with van der Waals surface area (Å²) in [5, 5.41) is 4.21. The topological polar surface area (TPSA) is 27.1 Å². The van der Waals surface area contributed by atoms with Gasteiger partial charge in [0.05, 0.1) is 19.0 Å². The van der Waals surface area contributed by atoms with Crippen LogP contribution >= 0.6 is 0 Å². The van der Waals surface area contributed by atoms with E-state index in [9.17, 15) is 0 Å². The normalized spacial score (nSPS) is 10.5. The largest absolute Gasteiger partial charge is 0.490 e. The van der Waals surface area contributed by atoms with Gasteiger partial charge in [0, 0.05) is 6.54 Å². The summed E-state index contributed by atoms with van der Waals surface area (Å²) in [6.45, 7) is 6.15. The van der Waals surface area contributed by atoms with Gasteiger partial charge in [-0.25, -0.2) is 0 Å². The second-order valence-electron chi connectivity index (χ2n) is 3.85. The number of hydrogen-bond acceptors (Lipinski definition) is 2. The van der Waals surface area contributed by atoms with Crippen LogP contribution in [-0.4, -0.2) is 16.4 Å². The van der Waals surface area contributed by atoms with Crippen molar-refractivity contribution < 1.29 is 4.74 Å². The molecule has 0 aliphatic rings. The highest BCUT2D eigenvalue weighted by atomic mass is 16.5. The van der Waals surface area contributed by atoms with E-state index in [4.69, 9.17) is 4.74 Å². The number of hydrogen-bond donors (Lipinski definition) is 0. The predicted molar refractivity (Wildman–Crippen MR) is 62.2 cm³/mol. The number of aromatic nitrogens is 2. The molecule has 15 heavy (non-hydrogen) atoms. The Morgan fingerprint density at radius 3 is 2.80 bits per heavy atom. The molecule has 0 saturated heterocycles. The van der Waals surface area contributed by atoms with Gasteiger partial charge in [0.1, 0.15) is 0 Å². The van der Waals surface area contributed by atoms with Crippen molar-refractivity contribution in [3.8, 4) is 5.75 Å². The van der Waals surface area contributed by atoms with Crippen LogP contribution in [0.2, 0.25) is 0 Å². The van der Waals surface area contributed by atoms with Crippen LogP contribution in [0.5, 0.6) is 5.75 Å². The molecule has 1 aromatic heterocycles. The summed E-state index contributed by atoms with van der Waals surface area (Å²) in [4.78, 5) is 0. The maximum absolute atomic E-state index is 5.60. The van der Waals surface area contributed by atoms with Gasteiger partial charge in [-0.05, 0) is 12.8 Å². The van der Waals surface area contributed by atoms with Gasteiger partial charge in [-0.1, -0.05) is 33.1 Å². The second-order valence-corrected chi connectivity index (χ2v) is 3.85. The summed E-state index contributed by atoms with van der Waals surface area (Å²) in [7, 11) is 0. The second kappa shape index (κ2) is 7.32. The van der Waals surface area contributed by atoms with Gasteiger partial charge in [-0.15, -0.1) is 0 Å². The first-order valence-electron chi connectivity index (χ1n) is 6.02. The molecular weight excluding hydrogens is 188 g/mol. The van der Waals surface area contributed by atoms with E-state index >= 15 is 0 Å². The molecule has 0 atom stereocenters. The molecule has 0 aliphatic heterocycles. The maximum atomic E-state index is 5.60. The van der Waals surface area contributed by atoms with Gasteiger partial charge in [-0.3, -0.25) is 4.68 Å². The number of ether oxygens (including phenoxy) is 1. The molecule has 0 saturated carbocycles. The van der Waals surface area contributed by atoms with Crippen molar-refractivity contribution in [3.63, 3.8) is 0 Å². The van der Waals surface area contributed by atoms with Crippen LogP contribution in [0.25, 0.3) is 0 Å². The van der Waals surface area contributed by atoms with E-state index in [1.165, 1.54) is 19.3 Å². The Morgan fingerprint density at radius 2 is 2.07 bits per heavy atom. The fourth-order valence-corrected chi connectivity index (χ4v) is 1.49. The summed E-state index contributed by atoms with van der Waals surface area (Å²) in [6, 6.07) is 0. The molecule has 86 valence electrons. The summed E-state index contributed by atoms with van der Waals surface area (Å²) in [6.07, 6.45) is 9.87. The van der Waals surface area contributed by atoms with Crippen LogP contribution in [0.1, 0.15) is 46.0 Å². The lowest BCUT2D eigenvalue weighted by Crippen LogP contribution is -1.97. The van der Waals surface area contributed by atoms with Gasteiger partial charge in [-0.2, -0.15) is 5.10 Å². The zero-order chi connectivity index (χ0) is 10.9. The zero-order valence-electron chi connectivity index (χ0n) is 9.91. The summed E-state index contributed by atoms with van der Waals surface area (Å²) < 4.78 is 7.53. The SMILES string of the molecule is CCCCCCOc1cnn(CCC)c1. The number of unbranched alkanes of at least 4 members (excludes halogenated alkanes) is 3. The average Bonchev–Trinajstić information content (AvgIpc) is 2.66. The lowest BCUT2D eigenvalue weighted by Gasteiger charge is -2.02. The Kier molecular flexibility index (Phi) is 5.90. The monoisotopic (exact) mass is 210 g/mol. The van der Waals surface area contributed by atoms with E-state index in [1.807, 2.05) is 10.9 Å². The van der Waals surface area contributed by atoms with E-state index in [1.54, 1.807) is 6.20 Å². The number of aryl methyl sites for hydroxylation is 1. The molecule has 1 aromatic rings. The van der Waals surface area contributed by atoms with Crippen molar-refractivity contribution in [2.75, 3.05) is 6.61 Å². The quantitative estimate of drug-likeness (QED) is 0.616. The highest BCUT2D eigenvalue weighted by Gasteiger charge is 1.98. The molecule has 3 nitrogen and oxygen atoms in total. The van der Waals surface area contributed by atoms with Gasteiger partial charge in [0.2, 0.25) is 0 Å². The van der Waals surface area contributed by atoms with Crippen molar-refractivity contribution >= 4 is 0 Å². The van der Waals surface area contributed by atoms with Gasteiger partial charge in [0.15, 0.2) is 5.75 Å². The fourth-order valence-electron chi connectivity index (χ4n) is 1.49. The molecule has 0 N–H and O–H groups in total. The van der Waals surface area contributed by atoms with E-state index in [2.05, 4.69) is 18.9 Å². The molecule has 0 aromatic carbocycles. The molecule has 0 amide bonds. The minimum absolute atomic E-state index is 0.817. The molecule has 0 aliphatic carbocycles. The van der Waals surface area contributed by atoms with Gasteiger partial charge >= 0.3 is 0 Å². The minimum atomic E-state index is 0.817. The Balaban J connectivity index is 2.14. The van der Waals surface area contributed by atoms with E-state index < -0.39 is 0 Å². The Labute approximate surface area is 92.4 Å². The van der Waals surface area contributed by atoms with E-state index in [-0.39, 0.29) is 0 Å².